The topological polar surface area (TPSA) is 41.1 Å². The number of carbonyl (C=O) groups is 1. The molecule has 0 saturated carbocycles. The van der Waals surface area contributed by atoms with E-state index >= 15 is 0 Å². The Morgan fingerprint density at radius 1 is 1.45 bits per heavy atom. The molecule has 0 fully saturated rings. The number of rotatable bonds is 4. The summed E-state index contributed by atoms with van der Waals surface area (Å²) in [5, 5.41) is 5.71. The van der Waals surface area contributed by atoms with Crippen LogP contribution in [0.4, 0.5) is 0 Å². The van der Waals surface area contributed by atoms with Gasteiger partial charge in [0.2, 0.25) is 5.91 Å². The Kier molecular flexibility index (Phi) is 4.11. The van der Waals surface area contributed by atoms with Gasteiger partial charge in [-0.15, -0.1) is 0 Å². The minimum Gasteiger partial charge on any atom is -0.358 e. The van der Waals surface area contributed by atoms with Gasteiger partial charge in [0, 0.05) is 12.6 Å². The van der Waals surface area contributed by atoms with Gasteiger partial charge >= 0.3 is 0 Å². The highest BCUT2D eigenvalue weighted by molar-refractivity contribution is 5.77. The SMILES string of the molecule is CCC(C)(C)NCC(=O)NC. The van der Waals surface area contributed by atoms with Crippen molar-refractivity contribution in [3.05, 3.63) is 0 Å². The molecule has 0 heterocycles. The lowest BCUT2D eigenvalue weighted by Gasteiger charge is -2.23. The molecule has 0 saturated heterocycles. The Labute approximate surface area is 68.6 Å². The Morgan fingerprint density at radius 2 is 2.00 bits per heavy atom. The molecule has 2 N–H and O–H groups in total. The Bertz CT molecular complexity index is 132. The summed E-state index contributed by atoms with van der Waals surface area (Å²) in [5.74, 6) is 0.0338. The van der Waals surface area contributed by atoms with Gasteiger partial charge in [0.05, 0.1) is 6.54 Å². The maximum absolute atomic E-state index is 10.8. The first-order valence-electron chi connectivity index (χ1n) is 3.97. The number of amides is 1. The highest BCUT2D eigenvalue weighted by atomic mass is 16.1. The monoisotopic (exact) mass is 158 g/mol. The summed E-state index contributed by atoms with van der Waals surface area (Å²) in [5.41, 5.74) is 0.0620. The lowest BCUT2D eigenvalue weighted by Crippen LogP contribution is -2.44. The van der Waals surface area contributed by atoms with Crippen LogP contribution in [0.2, 0.25) is 0 Å². The molecule has 0 spiro atoms. The Morgan fingerprint density at radius 3 is 2.36 bits per heavy atom. The summed E-state index contributed by atoms with van der Waals surface area (Å²) in [6, 6.07) is 0. The molecule has 66 valence electrons. The average Bonchev–Trinajstić information content (AvgIpc) is 2.00. The molecule has 0 unspecified atom stereocenters. The quantitative estimate of drug-likeness (QED) is 0.626. The number of hydrogen-bond acceptors (Lipinski definition) is 2. The van der Waals surface area contributed by atoms with E-state index in [1.54, 1.807) is 7.05 Å². The van der Waals surface area contributed by atoms with Gasteiger partial charge in [0.1, 0.15) is 0 Å². The third-order valence-electron chi connectivity index (χ3n) is 1.89. The van der Waals surface area contributed by atoms with E-state index in [1.165, 1.54) is 0 Å². The van der Waals surface area contributed by atoms with E-state index < -0.39 is 0 Å². The molecule has 0 radical (unpaired) electrons. The third-order valence-corrected chi connectivity index (χ3v) is 1.89. The Balaban J connectivity index is 3.61. The second kappa shape index (κ2) is 4.34. The lowest BCUT2D eigenvalue weighted by atomic mass is 10.0. The van der Waals surface area contributed by atoms with Crippen LogP contribution < -0.4 is 10.6 Å². The van der Waals surface area contributed by atoms with Gasteiger partial charge in [-0.25, -0.2) is 0 Å². The maximum Gasteiger partial charge on any atom is 0.233 e. The van der Waals surface area contributed by atoms with E-state index in [-0.39, 0.29) is 11.4 Å². The molecule has 0 bridgehead atoms. The minimum atomic E-state index is 0.0338. The standard InChI is InChI=1S/C8H18N2O/c1-5-8(2,3)10-6-7(11)9-4/h10H,5-6H2,1-4H3,(H,9,11). The molecule has 1 amide bonds. The predicted molar refractivity (Wildman–Crippen MR) is 46.4 cm³/mol. The van der Waals surface area contributed by atoms with Gasteiger partial charge in [-0.2, -0.15) is 0 Å². The van der Waals surface area contributed by atoms with E-state index in [4.69, 9.17) is 0 Å². The maximum atomic E-state index is 10.8. The van der Waals surface area contributed by atoms with Crippen LogP contribution in [0.3, 0.4) is 0 Å². The van der Waals surface area contributed by atoms with Crippen molar-refractivity contribution in [2.75, 3.05) is 13.6 Å². The van der Waals surface area contributed by atoms with Crippen LogP contribution in [-0.2, 0) is 4.79 Å². The second-order valence-electron chi connectivity index (χ2n) is 3.26. The smallest absolute Gasteiger partial charge is 0.233 e. The summed E-state index contributed by atoms with van der Waals surface area (Å²) >= 11 is 0. The largest absolute Gasteiger partial charge is 0.358 e. The van der Waals surface area contributed by atoms with Crippen molar-refractivity contribution in [2.45, 2.75) is 32.7 Å². The fourth-order valence-electron chi connectivity index (χ4n) is 0.533. The molecule has 0 rings (SSSR count). The molecule has 3 heteroatoms. The van der Waals surface area contributed by atoms with Crippen LogP contribution in [0.25, 0.3) is 0 Å². The van der Waals surface area contributed by atoms with Crippen LogP contribution >= 0.6 is 0 Å². The van der Waals surface area contributed by atoms with Crippen molar-refractivity contribution in [3.63, 3.8) is 0 Å². The normalized spacial score (nSPS) is 11.3. The highest BCUT2D eigenvalue weighted by Crippen LogP contribution is 2.05. The minimum absolute atomic E-state index is 0.0338. The molecule has 0 aliphatic rings. The second-order valence-corrected chi connectivity index (χ2v) is 3.26. The van der Waals surface area contributed by atoms with E-state index in [9.17, 15) is 4.79 Å². The summed E-state index contributed by atoms with van der Waals surface area (Å²) < 4.78 is 0. The average molecular weight is 158 g/mol. The molecule has 11 heavy (non-hydrogen) atoms. The number of nitrogens with one attached hydrogen (secondary N) is 2. The van der Waals surface area contributed by atoms with Gasteiger partial charge in [-0.1, -0.05) is 6.92 Å². The van der Waals surface area contributed by atoms with Crippen molar-refractivity contribution in [1.29, 1.82) is 0 Å². The van der Waals surface area contributed by atoms with Crippen molar-refractivity contribution >= 4 is 5.91 Å². The first-order chi connectivity index (χ1) is 5.02. The van der Waals surface area contributed by atoms with Crippen LogP contribution in [0, 0.1) is 0 Å². The fourth-order valence-corrected chi connectivity index (χ4v) is 0.533. The van der Waals surface area contributed by atoms with Crippen molar-refractivity contribution < 1.29 is 4.79 Å². The molecule has 3 nitrogen and oxygen atoms in total. The van der Waals surface area contributed by atoms with Crippen LogP contribution in [0.5, 0.6) is 0 Å². The molecule has 0 atom stereocenters. The van der Waals surface area contributed by atoms with Gasteiger partial charge in [-0.05, 0) is 20.3 Å². The third kappa shape index (κ3) is 4.79. The van der Waals surface area contributed by atoms with E-state index in [0.717, 1.165) is 6.42 Å². The number of likely N-dealkylation sites (N-methyl/N-ethyl adjacent to an activating group) is 1. The van der Waals surface area contributed by atoms with Gasteiger partial charge in [0.15, 0.2) is 0 Å². The fraction of sp³-hybridized carbons (Fsp3) is 0.875. The van der Waals surface area contributed by atoms with E-state index in [0.29, 0.717) is 6.54 Å². The van der Waals surface area contributed by atoms with E-state index in [1.807, 2.05) is 0 Å². The van der Waals surface area contributed by atoms with E-state index in [2.05, 4.69) is 31.4 Å². The van der Waals surface area contributed by atoms with Gasteiger partial charge in [-0.3, -0.25) is 4.79 Å². The number of hydrogen-bond donors (Lipinski definition) is 2. The van der Waals surface area contributed by atoms with Crippen molar-refractivity contribution in [3.8, 4) is 0 Å². The molecule has 0 aliphatic carbocycles. The molecule has 0 aromatic heterocycles. The van der Waals surface area contributed by atoms with Crippen molar-refractivity contribution in [2.24, 2.45) is 0 Å². The van der Waals surface area contributed by atoms with Crippen LogP contribution in [0.15, 0.2) is 0 Å². The summed E-state index contributed by atoms with van der Waals surface area (Å²) in [4.78, 5) is 10.8. The zero-order chi connectivity index (χ0) is 8.91. The molecular weight excluding hydrogens is 140 g/mol. The van der Waals surface area contributed by atoms with Crippen molar-refractivity contribution in [1.82, 2.24) is 10.6 Å². The zero-order valence-electron chi connectivity index (χ0n) is 7.82. The summed E-state index contributed by atoms with van der Waals surface area (Å²) in [6.45, 7) is 6.65. The first-order valence-corrected chi connectivity index (χ1v) is 3.97. The summed E-state index contributed by atoms with van der Waals surface area (Å²) in [6.07, 6.45) is 1.02. The Hall–Kier alpha value is -0.570. The van der Waals surface area contributed by atoms with Crippen LogP contribution in [0.1, 0.15) is 27.2 Å². The lowest BCUT2D eigenvalue weighted by molar-refractivity contribution is -0.120. The van der Waals surface area contributed by atoms with Gasteiger partial charge < -0.3 is 10.6 Å². The summed E-state index contributed by atoms with van der Waals surface area (Å²) in [7, 11) is 1.64. The first kappa shape index (κ1) is 10.4. The molecule has 0 aromatic rings. The molecule has 0 aromatic carbocycles. The van der Waals surface area contributed by atoms with Crippen LogP contribution in [-0.4, -0.2) is 25.0 Å². The predicted octanol–water partition coefficient (Wildman–Crippen LogP) is 0.511. The zero-order valence-corrected chi connectivity index (χ0v) is 7.82. The number of carbonyl (C=O) groups excluding carboxylic acids is 1. The highest BCUT2D eigenvalue weighted by Gasteiger charge is 2.14. The molecule has 0 aliphatic heterocycles. The van der Waals surface area contributed by atoms with Gasteiger partial charge in [0.25, 0.3) is 0 Å². The molecular formula is C8H18N2O.